The Kier molecular flexibility index (Phi) is 6.59. The second-order valence-corrected chi connectivity index (χ2v) is 7.59. The maximum Gasteiger partial charge on any atom is 0.216 e. The maximum absolute atomic E-state index is 13.2. The van der Waals surface area contributed by atoms with Crippen LogP contribution >= 0.6 is 0 Å². The van der Waals surface area contributed by atoms with Gasteiger partial charge in [-0.15, -0.1) is 0 Å². The van der Waals surface area contributed by atoms with Crippen LogP contribution in [0, 0.1) is 5.82 Å². The van der Waals surface area contributed by atoms with Crippen LogP contribution in [0.25, 0.3) is 0 Å². The number of hydrogen-bond acceptors (Lipinski definition) is 6. The predicted octanol–water partition coefficient (Wildman–Crippen LogP) is 3.90. The first-order chi connectivity index (χ1) is 14.7. The van der Waals surface area contributed by atoms with Crippen LogP contribution in [0.4, 0.5) is 4.39 Å². The fourth-order valence-corrected chi connectivity index (χ4v) is 3.52. The fourth-order valence-electron chi connectivity index (χ4n) is 3.52. The number of hydrogen-bond donors (Lipinski definition) is 0. The van der Waals surface area contributed by atoms with Crippen LogP contribution in [0.15, 0.2) is 48.9 Å². The van der Waals surface area contributed by atoms with Crippen molar-refractivity contribution in [2.24, 2.45) is 0 Å². The van der Waals surface area contributed by atoms with Gasteiger partial charge in [-0.25, -0.2) is 9.37 Å². The highest BCUT2D eigenvalue weighted by Gasteiger charge is 2.18. The van der Waals surface area contributed by atoms with Crippen molar-refractivity contribution >= 4 is 0 Å². The van der Waals surface area contributed by atoms with Crippen molar-refractivity contribution in [1.82, 2.24) is 19.9 Å². The molecule has 0 N–H and O–H groups in total. The summed E-state index contributed by atoms with van der Waals surface area (Å²) in [6.07, 6.45) is 8.40. The van der Waals surface area contributed by atoms with E-state index < -0.39 is 0 Å². The third-order valence-corrected chi connectivity index (χ3v) is 5.15. The number of benzene rings is 1. The Morgan fingerprint density at radius 3 is 2.77 bits per heavy atom. The molecule has 0 spiro atoms. The van der Waals surface area contributed by atoms with Crippen LogP contribution in [0.2, 0.25) is 0 Å². The summed E-state index contributed by atoms with van der Waals surface area (Å²) >= 11 is 0. The molecule has 3 aromatic rings. The summed E-state index contributed by atoms with van der Waals surface area (Å²) in [6, 6.07) is 8.42. The quantitative estimate of drug-likeness (QED) is 0.563. The van der Waals surface area contributed by atoms with E-state index in [1.807, 2.05) is 6.07 Å². The minimum atomic E-state index is -0.238. The molecule has 3 heterocycles. The summed E-state index contributed by atoms with van der Waals surface area (Å²) in [5.74, 6) is 1.14. The van der Waals surface area contributed by atoms with Crippen LogP contribution in [0.1, 0.15) is 48.5 Å². The standard InChI is InChI=1S/C23H25FN4O2/c1-16(17-4-6-18(24)7-5-17)11-22-27-19(12-20-14-25-8-9-26-20)13-23(28-22)30-15-21-3-2-10-29-21/h4-9,13-14,16,21H,2-3,10-12,15H2,1H3/t16-,21?/m1/s1. The molecule has 6 nitrogen and oxygen atoms in total. The summed E-state index contributed by atoms with van der Waals surface area (Å²) < 4.78 is 24.8. The van der Waals surface area contributed by atoms with Crippen LogP contribution in [0.5, 0.6) is 5.88 Å². The normalized spacial score (nSPS) is 17.1. The first-order valence-corrected chi connectivity index (χ1v) is 10.3. The zero-order valence-electron chi connectivity index (χ0n) is 17.0. The summed E-state index contributed by atoms with van der Waals surface area (Å²) in [6.45, 7) is 3.35. The van der Waals surface area contributed by atoms with Gasteiger partial charge in [-0.3, -0.25) is 9.97 Å². The van der Waals surface area contributed by atoms with Gasteiger partial charge in [-0.05, 0) is 36.5 Å². The maximum atomic E-state index is 13.2. The molecule has 1 fully saturated rings. The SMILES string of the molecule is C[C@H](Cc1nc(Cc2cnccn2)cc(OCC2CCCO2)n1)c1ccc(F)cc1. The summed E-state index contributed by atoms with van der Waals surface area (Å²) in [4.78, 5) is 17.8. The molecule has 0 radical (unpaired) electrons. The molecular formula is C23H25FN4O2. The van der Waals surface area contributed by atoms with Gasteiger partial charge < -0.3 is 9.47 Å². The molecule has 2 aromatic heterocycles. The highest BCUT2D eigenvalue weighted by Crippen LogP contribution is 2.22. The number of aromatic nitrogens is 4. The molecule has 4 rings (SSSR count). The van der Waals surface area contributed by atoms with E-state index in [4.69, 9.17) is 14.5 Å². The zero-order chi connectivity index (χ0) is 20.8. The molecular weight excluding hydrogens is 383 g/mol. The van der Waals surface area contributed by atoms with Gasteiger partial charge in [0, 0.05) is 44.1 Å². The topological polar surface area (TPSA) is 70.0 Å². The largest absolute Gasteiger partial charge is 0.475 e. The van der Waals surface area contributed by atoms with Crippen molar-refractivity contribution in [2.75, 3.05) is 13.2 Å². The molecule has 7 heteroatoms. The Morgan fingerprint density at radius 2 is 2.03 bits per heavy atom. The fraction of sp³-hybridized carbons (Fsp3) is 0.391. The van der Waals surface area contributed by atoms with Crippen molar-refractivity contribution in [2.45, 2.75) is 44.6 Å². The molecule has 0 aliphatic carbocycles. The lowest BCUT2D eigenvalue weighted by Gasteiger charge is -2.15. The molecule has 0 saturated carbocycles. The Bertz CT molecular complexity index is 947. The van der Waals surface area contributed by atoms with Gasteiger partial charge in [-0.2, -0.15) is 4.98 Å². The van der Waals surface area contributed by atoms with E-state index in [2.05, 4.69) is 21.9 Å². The van der Waals surface area contributed by atoms with Crippen LogP contribution in [0.3, 0.4) is 0 Å². The molecule has 0 amide bonds. The van der Waals surface area contributed by atoms with E-state index in [1.54, 1.807) is 30.7 Å². The number of nitrogens with zero attached hydrogens (tertiary/aromatic N) is 4. The molecule has 1 saturated heterocycles. The van der Waals surface area contributed by atoms with Crippen molar-refractivity contribution in [1.29, 1.82) is 0 Å². The van der Waals surface area contributed by atoms with Crippen molar-refractivity contribution in [3.63, 3.8) is 0 Å². The Balaban J connectivity index is 1.53. The Morgan fingerprint density at radius 1 is 1.17 bits per heavy atom. The van der Waals surface area contributed by atoms with Crippen LogP contribution < -0.4 is 4.74 Å². The van der Waals surface area contributed by atoms with Gasteiger partial charge in [0.25, 0.3) is 0 Å². The predicted molar refractivity (Wildman–Crippen MR) is 110 cm³/mol. The molecule has 0 bridgehead atoms. The summed E-state index contributed by atoms with van der Waals surface area (Å²) in [7, 11) is 0. The highest BCUT2D eigenvalue weighted by atomic mass is 19.1. The monoisotopic (exact) mass is 408 g/mol. The first kappa shape index (κ1) is 20.3. The van der Waals surface area contributed by atoms with E-state index in [-0.39, 0.29) is 17.8 Å². The summed E-state index contributed by atoms with van der Waals surface area (Å²) in [5, 5.41) is 0. The molecule has 1 aliphatic rings. The number of halogens is 1. The molecule has 1 aromatic carbocycles. The second kappa shape index (κ2) is 9.71. The van der Waals surface area contributed by atoms with Crippen molar-refractivity contribution < 1.29 is 13.9 Å². The minimum Gasteiger partial charge on any atom is -0.475 e. The summed E-state index contributed by atoms with van der Waals surface area (Å²) in [5.41, 5.74) is 2.70. The second-order valence-electron chi connectivity index (χ2n) is 7.59. The average Bonchev–Trinajstić information content (AvgIpc) is 3.27. The minimum absolute atomic E-state index is 0.116. The van der Waals surface area contributed by atoms with Gasteiger partial charge in [0.2, 0.25) is 5.88 Å². The first-order valence-electron chi connectivity index (χ1n) is 10.3. The lowest BCUT2D eigenvalue weighted by atomic mass is 9.97. The van der Waals surface area contributed by atoms with E-state index >= 15 is 0 Å². The molecule has 1 unspecified atom stereocenters. The third-order valence-electron chi connectivity index (χ3n) is 5.15. The molecule has 30 heavy (non-hydrogen) atoms. The lowest BCUT2D eigenvalue weighted by Crippen LogP contribution is -2.17. The van der Waals surface area contributed by atoms with Crippen molar-refractivity contribution in [3.8, 4) is 5.88 Å². The Hall–Kier alpha value is -2.93. The van der Waals surface area contributed by atoms with Crippen LogP contribution in [-0.2, 0) is 17.6 Å². The van der Waals surface area contributed by atoms with Gasteiger partial charge in [-0.1, -0.05) is 19.1 Å². The third kappa shape index (κ3) is 5.57. The van der Waals surface area contributed by atoms with E-state index in [1.165, 1.54) is 12.1 Å². The van der Waals surface area contributed by atoms with Gasteiger partial charge in [0.1, 0.15) is 18.2 Å². The molecule has 156 valence electrons. The van der Waals surface area contributed by atoms with Crippen LogP contribution in [-0.4, -0.2) is 39.3 Å². The molecule has 1 aliphatic heterocycles. The Labute approximate surface area is 175 Å². The lowest BCUT2D eigenvalue weighted by molar-refractivity contribution is 0.0661. The van der Waals surface area contributed by atoms with E-state index in [0.29, 0.717) is 31.2 Å². The van der Waals surface area contributed by atoms with Crippen molar-refractivity contribution in [3.05, 3.63) is 77.5 Å². The van der Waals surface area contributed by atoms with Gasteiger partial charge in [0.15, 0.2) is 0 Å². The zero-order valence-corrected chi connectivity index (χ0v) is 17.0. The number of ether oxygens (including phenoxy) is 2. The highest BCUT2D eigenvalue weighted by molar-refractivity contribution is 5.24. The van der Waals surface area contributed by atoms with E-state index in [0.717, 1.165) is 36.4 Å². The average molecular weight is 408 g/mol. The van der Waals surface area contributed by atoms with E-state index in [9.17, 15) is 4.39 Å². The molecule has 2 atom stereocenters. The number of rotatable bonds is 8. The smallest absolute Gasteiger partial charge is 0.216 e. The van der Waals surface area contributed by atoms with Gasteiger partial charge >= 0.3 is 0 Å². The van der Waals surface area contributed by atoms with Gasteiger partial charge in [0.05, 0.1) is 17.5 Å².